The highest BCUT2D eigenvalue weighted by Crippen LogP contribution is 2.46. The van der Waals surface area contributed by atoms with E-state index in [-0.39, 0.29) is 83.5 Å². The lowest BCUT2D eigenvalue weighted by molar-refractivity contribution is 0.310. The van der Waals surface area contributed by atoms with Gasteiger partial charge in [0, 0.05) is 45.9 Å². The van der Waals surface area contributed by atoms with Gasteiger partial charge in [-0.05, 0) is 112 Å². The number of hydrogen-bond acceptors (Lipinski definition) is 13. The zero-order valence-corrected chi connectivity index (χ0v) is 41.1. The number of anilines is 2. The topological polar surface area (TPSA) is 301 Å². The zero-order chi connectivity index (χ0) is 49.5. The molecule has 358 valence electrons. The summed E-state index contributed by atoms with van der Waals surface area (Å²) in [5.74, 6) is -0.256. The van der Waals surface area contributed by atoms with E-state index in [2.05, 4.69) is 15.0 Å². The van der Waals surface area contributed by atoms with Gasteiger partial charge in [0.25, 0.3) is 40.5 Å². The van der Waals surface area contributed by atoms with Gasteiger partial charge in [0.2, 0.25) is 10.0 Å². The molecule has 0 spiro atoms. The van der Waals surface area contributed by atoms with Crippen LogP contribution < -0.4 is 15.4 Å². The van der Waals surface area contributed by atoms with Crippen LogP contribution in [0.15, 0.2) is 94.6 Å². The van der Waals surface area contributed by atoms with Gasteiger partial charge in [-0.2, -0.15) is 33.7 Å². The zero-order valence-electron chi connectivity index (χ0n) is 37.0. The summed E-state index contributed by atoms with van der Waals surface area (Å²) in [6.07, 6.45) is 3.00. The monoisotopic (exact) mass is 1020 g/mol. The number of nitrogens with one attached hydrogen (secondary N) is 2. The van der Waals surface area contributed by atoms with Gasteiger partial charge in [-0.25, -0.2) is 18.1 Å². The number of benzene rings is 5. The van der Waals surface area contributed by atoms with Crippen molar-refractivity contribution in [2.75, 3.05) is 5.32 Å². The first-order valence-corrected chi connectivity index (χ1v) is 27.8. The van der Waals surface area contributed by atoms with Crippen molar-refractivity contribution in [1.29, 1.82) is 0 Å². The van der Waals surface area contributed by atoms with Crippen LogP contribution in [0.5, 0.6) is 0 Å². The molecule has 1 saturated carbocycles. The minimum absolute atomic E-state index is 0.0146. The molecule has 2 unspecified atom stereocenters. The van der Waals surface area contributed by atoms with E-state index in [0.717, 1.165) is 43.5 Å². The lowest BCUT2D eigenvalue weighted by Crippen LogP contribution is -2.41. The van der Waals surface area contributed by atoms with E-state index >= 15 is 0 Å². The number of sulfonamides is 1. The molecule has 2 atom stereocenters. The fourth-order valence-electron chi connectivity index (χ4n) is 9.23. The molecule has 1 aliphatic heterocycles. The first-order chi connectivity index (χ1) is 30.9. The average Bonchev–Trinajstić information content (AvgIpc) is 3.18. The molecule has 18 nitrogen and oxygen atoms in total. The lowest BCUT2D eigenvalue weighted by atomic mass is 9.87. The molecule has 6 N–H and O–H groups in total. The fraction of sp³-hybridized carbons (Fsp3) is 0.295. The predicted molar refractivity (Wildman–Crippen MR) is 249 cm³/mol. The molecule has 0 amide bonds. The first kappa shape index (κ1) is 49.8. The third-order valence-electron chi connectivity index (χ3n) is 12.1. The van der Waals surface area contributed by atoms with Crippen molar-refractivity contribution in [3.05, 3.63) is 99.4 Å². The molecule has 0 radical (unpaired) electrons. The third-order valence-corrected chi connectivity index (χ3v) is 17.7. The molecule has 0 aromatic heterocycles. The standard InChI is InChI=1S/C44H47N3O15S5/c1-22-12-8-10-14-32(22)47-63(48,49)37-15-11-9-13-29(37)40-30-18-38(64(50,51)52)33(45-41-23(2)16-25(4)43(27(41)6)66(56,57)58)20-35(30)62-36-21-34(39(19-31(36)40)65(53,54)55)46-42-24(3)17-26(5)44(28(42)7)67(59,60)61/h9,11,13,15-22,32,45,47H,8,10,12,14H2,1-7H3,(H,50,51,52)(H,53,54,55)(H,56,57,58)(H,59,60,61)/b46-34+. The molecule has 1 heterocycles. The van der Waals surface area contributed by atoms with Crippen LogP contribution >= 0.6 is 0 Å². The second-order valence-corrected chi connectivity index (χ2v) is 24.1. The van der Waals surface area contributed by atoms with Crippen LogP contribution in [-0.4, -0.2) is 66.3 Å². The predicted octanol–water partition coefficient (Wildman–Crippen LogP) is 7.87. The van der Waals surface area contributed by atoms with Crippen LogP contribution in [0, 0.1) is 47.5 Å². The van der Waals surface area contributed by atoms with E-state index in [4.69, 9.17) is 4.42 Å². The SMILES string of the molecule is Cc1cc(C)c(S(=O)(=O)O)c(C)c1/N=c1\cc2oc3cc(Nc4c(C)cc(C)c(S(=O)(=O)O)c4C)c(S(=O)(=O)O)cc3c(-c3ccccc3S(=O)(=O)NC3CCCCC3C)c-2cc1S(=O)(=O)O. The molecule has 4 aromatic carbocycles. The highest BCUT2D eigenvalue weighted by Gasteiger charge is 2.33. The summed E-state index contributed by atoms with van der Waals surface area (Å²) in [5.41, 5.74) is -0.108. The molecular formula is C44H47N3O15S5. The van der Waals surface area contributed by atoms with Gasteiger partial charge in [0.1, 0.15) is 30.9 Å². The van der Waals surface area contributed by atoms with Gasteiger partial charge in [0.15, 0.2) is 0 Å². The van der Waals surface area contributed by atoms with Crippen molar-refractivity contribution in [2.24, 2.45) is 10.9 Å². The molecule has 0 saturated heterocycles. The molecule has 67 heavy (non-hydrogen) atoms. The maximum absolute atomic E-state index is 14.5. The van der Waals surface area contributed by atoms with Gasteiger partial charge < -0.3 is 9.73 Å². The van der Waals surface area contributed by atoms with Crippen molar-refractivity contribution in [3.8, 4) is 22.5 Å². The van der Waals surface area contributed by atoms with Crippen LogP contribution in [0.3, 0.4) is 0 Å². The normalized spacial score (nSPS) is 16.8. The Hall–Kier alpha value is -5.08. The Morgan fingerprint density at radius 1 is 0.612 bits per heavy atom. The van der Waals surface area contributed by atoms with Gasteiger partial charge in [0.05, 0.1) is 21.6 Å². The van der Waals surface area contributed by atoms with E-state index in [9.17, 15) is 60.3 Å². The Labute approximate surface area is 388 Å². The third kappa shape index (κ3) is 9.67. The second kappa shape index (κ2) is 17.5. The molecule has 7 rings (SSSR count). The summed E-state index contributed by atoms with van der Waals surface area (Å²) >= 11 is 0. The molecule has 0 bridgehead atoms. The summed E-state index contributed by atoms with van der Waals surface area (Å²) in [6, 6.07) is 12.1. The lowest BCUT2D eigenvalue weighted by Gasteiger charge is -2.29. The maximum atomic E-state index is 14.5. The van der Waals surface area contributed by atoms with Crippen LogP contribution in [-0.2, 0) is 50.5 Å². The Morgan fingerprint density at radius 3 is 1.79 bits per heavy atom. The van der Waals surface area contributed by atoms with Gasteiger partial charge in [-0.1, -0.05) is 50.1 Å². The van der Waals surface area contributed by atoms with E-state index in [1.165, 1.54) is 64.1 Å². The minimum Gasteiger partial charge on any atom is -0.456 e. The van der Waals surface area contributed by atoms with Crippen molar-refractivity contribution < 1.29 is 64.7 Å². The van der Waals surface area contributed by atoms with Crippen LogP contribution in [0.25, 0.3) is 33.4 Å². The van der Waals surface area contributed by atoms with Crippen LogP contribution in [0.1, 0.15) is 66.0 Å². The van der Waals surface area contributed by atoms with E-state index in [1.807, 2.05) is 6.92 Å². The average molecular weight is 1020 g/mol. The Morgan fingerprint density at radius 2 is 1.19 bits per heavy atom. The number of rotatable bonds is 11. The van der Waals surface area contributed by atoms with Crippen LogP contribution in [0.4, 0.5) is 17.1 Å². The Bertz CT molecular complexity index is 3700. The van der Waals surface area contributed by atoms with Crippen molar-refractivity contribution >= 4 is 78.5 Å². The van der Waals surface area contributed by atoms with Gasteiger partial charge in [-0.15, -0.1) is 0 Å². The highest BCUT2D eigenvalue weighted by molar-refractivity contribution is 7.89. The molecular weight excluding hydrogens is 971 g/mol. The summed E-state index contributed by atoms with van der Waals surface area (Å²) in [5, 5.41) is 2.18. The van der Waals surface area contributed by atoms with E-state index in [1.54, 1.807) is 13.8 Å². The second-order valence-electron chi connectivity index (χ2n) is 16.9. The minimum atomic E-state index is -5.27. The van der Waals surface area contributed by atoms with Crippen molar-refractivity contribution in [2.45, 2.75) is 105 Å². The number of aryl methyl sites for hydroxylation is 4. The van der Waals surface area contributed by atoms with Crippen molar-refractivity contribution in [3.63, 3.8) is 0 Å². The quantitative estimate of drug-likeness (QED) is 0.0531. The molecule has 23 heteroatoms. The summed E-state index contributed by atoms with van der Waals surface area (Å²) in [6.45, 7) is 10.6. The van der Waals surface area contributed by atoms with E-state index < -0.39 is 81.5 Å². The Balaban J connectivity index is 1.64. The molecule has 3 aliphatic rings. The number of nitrogens with zero attached hydrogens (tertiary/aromatic N) is 1. The van der Waals surface area contributed by atoms with Crippen molar-refractivity contribution in [1.82, 2.24) is 4.72 Å². The fourth-order valence-corrected chi connectivity index (χ4v) is 14.0. The summed E-state index contributed by atoms with van der Waals surface area (Å²) in [4.78, 5) is 1.53. The van der Waals surface area contributed by atoms with E-state index in [0.29, 0.717) is 17.5 Å². The summed E-state index contributed by atoms with van der Waals surface area (Å²) in [7, 11) is -24.6. The largest absolute Gasteiger partial charge is 0.456 e. The van der Waals surface area contributed by atoms with Gasteiger partial charge in [-0.3, -0.25) is 18.2 Å². The molecule has 2 aliphatic carbocycles. The van der Waals surface area contributed by atoms with Gasteiger partial charge >= 0.3 is 0 Å². The highest BCUT2D eigenvalue weighted by atomic mass is 32.2. The summed E-state index contributed by atoms with van der Waals surface area (Å²) < 4.78 is 183. The number of hydrogen-bond donors (Lipinski definition) is 6. The smallest absolute Gasteiger partial charge is 0.296 e. The number of fused-ring (bicyclic) bond motifs is 2. The molecule has 4 aromatic rings. The molecule has 1 fully saturated rings. The first-order valence-electron chi connectivity index (χ1n) is 20.5. The Kier molecular flexibility index (Phi) is 13.0. The van der Waals surface area contributed by atoms with Crippen LogP contribution in [0.2, 0.25) is 0 Å². The maximum Gasteiger partial charge on any atom is 0.296 e.